The Kier molecular flexibility index (Phi) is 5.08. The van der Waals surface area contributed by atoms with Crippen LogP contribution < -0.4 is 15.3 Å². The van der Waals surface area contributed by atoms with Crippen molar-refractivity contribution < 1.29 is 19.1 Å². The number of rotatable bonds is 5. The lowest BCUT2D eigenvalue weighted by atomic mass is 10.1. The maximum Gasteiger partial charge on any atom is 0.351 e. The molecule has 0 aliphatic rings. The third-order valence-corrected chi connectivity index (χ3v) is 3.45. The summed E-state index contributed by atoms with van der Waals surface area (Å²) >= 11 is 0. The number of carbonyl (C=O) groups is 1. The minimum atomic E-state index is -0.864. The first-order valence-corrected chi connectivity index (χ1v) is 7.25. The zero-order valence-corrected chi connectivity index (χ0v) is 14.0. The molecule has 126 valence electrons. The summed E-state index contributed by atoms with van der Waals surface area (Å²) in [6.07, 6.45) is 2.73. The van der Waals surface area contributed by atoms with Crippen LogP contribution >= 0.6 is 0 Å². The van der Waals surface area contributed by atoms with E-state index in [-0.39, 0.29) is 11.3 Å². The highest BCUT2D eigenvalue weighted by molar-refractivity contribution is 6.08. The van der Waals surface area contributed by atoms with Gasteiger partial charge in [-0.15, -0.1) is 0 Å². The van der Waals surface area contributed by atoms with E-state index in [0.29, 0.717) is 11.3 Å². The molecule has 0 spiro atoms. The van der Waals surface area contributed by atoms with Crippen molar-refractivity contribution in [2.45, 2.75) is 6.92 Å². The maximum atomic E-state index is 12.2. The molecule has 1 aromatic heterocycles. The zero-order chi connectivity index (χ0) is 17.9. The van der Waals surface area contributed by atoms with E-state index in [4.69, 9.17) is 9.15 Å². The van der Waals surface area contributed by atoms with Crippen LogP contribution in [-0.4, -0.2) is 32.1 Å². The minimum Gasteiger partial charge on any atom is -0.507 e. The van der Waals surface area contributed by atoms with Crippen LogP contribution in [0.3, 0.4) is 0 Å². The molecule has 0 aliphatic carbocycles. The fourth-order valence-corrected chi connectivity index (χ4v) is 2.19. The van der Waals surface area contributed by atoms with Gasteiger partial charge in [-0.3, -0.25) is 4.79 Å². The second-order valence-corrected chi connectivity index (χ2v) is 5.42. The maximum absolute atomic E-state index is 12.2. The Morgan fingerprint density at radius 3 is 2.58 bits per heavy atom. The van der Waals surface area contributed by atoms with Crippen LogP contribution in [0.1, 0.15) is 21.7 Å². The summed E-state index contributed by atoms with van der Waals surface area (Å²) in [7, 11) is 5.36. The molecule has 0 bridgehead atoms. The van der Waals surface area contributed by atoms with E-state index < -0.39 is 17.2 Å². The largest absolute Gasteiger partial charge is 0.507 e. The van der Waals surface area contributed by atoms with Gasteiger partial charge in [-0.05, 0) is 31.2 Å². The van der Waals surface area contributed by atoms with E-state index in [2.05, 4.69) is 0 Å². The standard InChI is InChI=1S/C18H19NO5/c1-11-9-15(21)17(18(22)24-11)14(20)8-6-12-5-7-13(19(2)3)10-16(12)23-4/h5-10,21H,1-4H3. The van der Waals surface area contributed by atoms with Gasteiger partial charge in [0.05, 0.1) is 7.11 Å². The Balaban J connectivity index is 2.35. The summed E-state index contributed by atoms with van der Waals surface area (Å²) in [6.45, 7) is 1.52. The predicted octanol–water partition coefficient (Wildman–Crippen LogP) is 2.62. The van der Waals surface area contributed by atoms with Crippen molar-refractivity contribution in [3.8, 4) is 11.5 Å². The van der Waals surface area contributed by atoms with Crippen LogP contribution in [0, 0.1) is 6.92 Å². The SMILES string of the molecule is COc1cc(N(C)C)ccc1C=CC(=O)c1c(O)cc(C)oc1=O. The second-order valence-electron chi connectivity index (χ2n) is 5.42. The van der Waals surface area contributed by atoms with Crippen molar-refractivity contribution in [1.82, 2.24) is 0 Å². The van der Waals surface area contributed by atoms with Gasteiger partial charge in [0.25, 0.3) is 0 Å². The van der Waals surface area contributed by atoms with Crippen molar-refractivity contribution in [2.24, 2.45) is 0 Å². The van der Waals surface area contributed by atoms with Crippen LogP contribution in [-0.2, 0) is 0 Å². The van der Waals surface area contributed by atoms with E-state index in [9.17, 15) is 14.7 Å². The second kappa shape index (κ2) is 7.04. The number of benzene rings is 1. The molecular formula is C18H19NO5. The first kappa shape index (κ1) is 17.3. The molecule has 0 saturated heterocycles. The van der Waals surface area contributed by atoms with Gasteiger partial charge < -0.3 is 19.2 Å². The van der Waals surface area contributed by atoms with Gasteiger partial charge in [-0.25, -0.2) is 4.79 Å². The molecule has 2 rings (SSSR count). The first-order valence-electron chi connectivity index (χ1n) is 7.25. The van der Waals surface area contributed by atoms with E-state index in [0.717, 1.165) is 5.69 Å². The molecule has 0 saturated carbocycles. The molecule has 1 N–H and O–H groups in total. The Labute approximate surface area is 139 Å². The molecule has 1 heterocycles. The summed E-state index contributed by atoms with van der Waals surface area (Å²) < 4.78 is 10.2. The Morgan fingerprint density at radius 1 is 1.29 bits per heavy atom. The zero-order valence-electron chi connectivity index (χ0n) is 14.0. The average molecular weight is 329 g/mol. The van der Waals surface area contributed by atoms with Crippen LogP contribution in [0.4, 0.5) is 5.69 Å². The van der Waals surface area contributed by atoms with Crippen molar-refractivity contribution in [1.29, 1.82) is 0 Å². The van der Waals surface area contributed by atoms with Crippen molar-refractivity contribution in [2.75, 3.05) is 26.1 Å². The summed E-state index contributed by atoms with van der Waals surface area (Å²) in [5.41, 5.74) is 0.373. The number of hydrogen-bond donors (Lipinski definition) is 1. The number of nitrogens with zero attached hydrogens (tertiary/aromatic N) is 1. The number of anilines is 1. The van der Waals surface area contributed by atoms with Crippen LogP contribution in [0.15, 0.2) is 39.6 Å². The molecular weight excluding hydrogens is 310 g/mol. The van der Waals surface area contributed by atoms with Crippen molar-refractivity contribution in [3.05, 3.63) is 57.6 Å². The quantitative estimate of drug-likeness (QED) is 0.671. The molecule has 6 heteroatoms. The molecule has 0 atom stereocenters. The van der Waals surface area contributed by atoms with Gasteiger partial charge >= 0.3 is 5.63 Å². The fourth-order valence-electron chi connectivity index (χ4n) is 2.19. The van der Waals surface area contributed by atoms with Gasteiger partial charge in [0.2, 0.25) is 0 Å². The highest BCUT2D eigenvalue weighted by Crippen LogP contribution is 2.26. The van der Waals surface area contributed by atoms with Gasteiger partial charge in [-0.2, -0.15) is 0 Å². The third kappa shape index (κ3) is 3.65. The topological polar surface area (TPSA) is 80.0 Å². The Bertz CT molecular complexity index is 849. The van der Waals surface area contributed by atoms with Crippen molar-refractivity contribution >= 4 is 17.5 Å². The summed E-state index contributed by atoms with van der Waals surface area (Å²) in [5.74, 6) is -0.210. The summed E-state index contributed by atoms with van der Waals surface area (Å²) in [6, 6.07) is 6.75. The van der Waals surface area contributed by atoms with E-state index >= 15 is 0 Å². The molecule has 0 aliphatic heterocycles. The normalized spacial score (nSPS) is 10.8. The average Bonchev–Trinajstić information content (AvgIpc) is 2.51. The van der Waals surface area contributed by atoms with E-state index in [1.54, 1.807) is 6.07 Å². The number of methoxy groups -OCH3 is 1. The number of aromatic hydroxyl groups is 1. The lowest BCUT2D eigenvalue weighted by molar-refractivity contribution is 0.104. The van der Waals surface area contributed by atoms with E-state index in [1.165, 1.54) is 32.3 Å². The van der Waals surface area contributed by atoms with Gasteiger partial charge in [0, 0.05) is 37.5 Å². The van der Waals surface area contributed by atoms with Gasteiger partial charge in [0.1, 0.15) is 22.8 Å². The van der Waals surface area contributed by atoms with E-state index in [1.807, 2.05) is 31.1 Å². The molecule has 0 fully saturated rings. The van der Waals surface area contributed by atoms with Crippen molar-refractivity contribution in [3.63, 3.8) is 0 Å². The molecule has 0 radical (unpaired) electrons. The van der Waals surface area contributed by atoms with Crippen LogP contribution in [0.25, 0.3) is 6.08 Å². The highest BCUT2D eigenvalue weighted by Gasteiger charge is 2.16. The molecule has 1 aromatic carbocycles. The lowest BCUT2D eigenvalue weighted by Gasteiger charge is -2.14. The van der Waals surface area contributed by atoms with Gasteiger partial charge in [-0.1, -0.05) is 0 Å². The number of ether oxygens (including phenoxy) is 1. The smallest absolute Gasteiger partial charge is 0.351 e. The number of hydrogen-bond acceptors (Lipinski definition) is 6. The molecule has 0 unspecified atom stereocenters. The Morgan fingerprint density at radius 2 is 2.00 bits per heavy atom. The number of carbonyl (C=O) groups excluding carboxylic acids is 1. The summed E-state index contributed by atoms with van der Waals surface area (Å²) in [5, 5.41) is 9.79. The molecule has 24 heavy (non-hydrogen) atoms. The first-order chi connectivity index (χ1) is 11.3. The minimum absolute atomic E-state index is 0.235. The van der Waals surface area contributed by atoms with Gasteiger partial charge in [0.15, 0.2) is 5.78 Å². The Hall–Kier alpha value is -3.02. The molecule has 2 aromatic rings. The highest BCUT2D eigenvalue weighted by atomic mass is 16.5. The predicted molar refractivity (Wildman–Crippen MR) is 92.1 cm³/mol. The lowest BCUT2D eigenvalue weighted by Crippen LogP contribution is -2.13. The number of aryl methyl sites for hydroxylation is 1. The summed E-state index contributed by atoms with van der Waals surface area (Å²) in [4.78, 5) is 25.9. The van der Waals surface area contributed by atoms with Crippen LogP contribution in [0.5, 0.6) is 11.5 Å². The molecule has 0 amide bonds. The fraction of sp³-hybridized carbons (Fsp3) is 0.222. The molecule has 6 nitrogen and oxygen atoms in total. The number of allylic oxidation sites excluding steroid dienone is 1. The third-order valence-electron chi connectivity index (χ3n) is 3.45. The monoisotopic (exact) mass is 329 g/mol. The number of ketones is 1. The van der Waals surface area contributed by atoms with Crippen LogP contribution in [0.2, 0.25) is 0 Å².